The van der Waals surface area contributed by atoms with E-state index >= 15 is 0 Å². The normalized spacial score (nSPS) is 31.3. The molecule has 0 aromatic carbocycles. The molecule has 2 aliphatic rings. The minimum Gasteiger partial charge on any atom is -0.0599 e. The van der Waals surface area contributed by atoms with Gasteiger partial charge in [0.2, 0.25) is 0 Å². The van der Waals surface area contributed by atoms with Crippen LogP contribution in [-0.2, 0) is 0 Å². The lowest BCUT2D eigenvalue weighted by Gasteiger charge is -2.46. The average molecular weight is 209 g/mol. The van der Waals surface area contributed by atoms with Crippen molar-refractivity contribution in [2.24, 2.45) is 16.7 Å². The van der Waals surface area contributed by atoms with Gasteiger partial charge < -0.3 is 0 Å². The van der Waals surface area contributed by atoms with E-state index in [9.17, 15) is 0 Å². The lowest BCUT2D eigenvalue weighted by molar-refractivity contribution is 0.0575. The van der Waals surface area contributed by atoms with Crippen LogP contribution in [0.4, 0.5) is 0 Å². The standard InChI is InChI=1S/C15H28/c1-14(2,3)13-7-11-15(12-8-13)9-5-4-6-10-15/h13H,4-12H2,1-3H3/i13D. The summed E-state index contributed by atoms with van der Waals surface area (Å²) in [5.41, 5.74) is 0.817. The van der Waals surface area contributed by atoms with Gasteiger partial charge in [0.1, 0.15) is 0 Å². The van der Waals surface area contributed by atoms with Crippen LogP contribution < -0.4 is 0 Å². The Morgan fingerprint density at radius 3 is 1.93 bits per heavy atom. The van der Waals surface area contributed by atoms with Crippen LogP contribution in [0.3, 0.4) is 0 Å². The van der Waals surface area contributed by atoms with E-state index in [0.717, 1.165) is 12.8 Å². The van der Waals surface area contributed by atoms with Gasteiger partial charge in [-0.05, 0) is 55.2 Å². The Labute approximate surface area is 97.2 Å². The van der Waals surface area contributed by atoms with Crippen molar-refractivity contribution in [2.45, 2.75) is 78.6 Å². The summed E-state index contributed by atoms with van der Waals surface area (Å²) in [6.45, 7) is 6.75. The molecule has 2 saturated carbocycles. The molecule has 0 unspecified atom stereocenters. The number of hydrogen-bond acceptors (Lipinski definition) is 0. The second kappa shape index (κ2) is 4.11. The highest BCUT2D eigenvalue weighted by atomic mass is 14.4. The maximum atomic E-state index is 8.67. The summed E-state index contributed by atoms with van der Waals surface area (Å²) in [5.74, 6) is -0.157. The molecule has 0 aliphatic heterocycles. The van der Waals surface area contributed by atoms with Gasteiger partial charge in [0.05, 0.1) is 0 Å². The zero-order valence-corrected chi connectivity index (χ0v) is 10.9. The summed E-state index contributed by atoms with van der Waals surface area (Å²) in [6, 6.07) is 0. The molecule has 1 spiro atoms. The largest absolute Gasteiger partial charge is 0.0599 e. The Hall–Kier alpha value is 0. The Morgan fingerprint density at radius 2 is 1.47 bits per heavy atom. The zero-order chi connectivity index (χ0) is 11.9. The van der Waals surface area contributed by atoms with E-state index in [1.165, 1.54) is 44.9 Å². The lowest BCUT2D eigenvalue weighted by Crippen LogP contribution is -2.33. The third-order valence-corrected chi connectivity index (χ3v) is 4.89. The Kier molecular flexibility index (Phi) is 2.79. The number of rotatable bonds is 0. The maximum Gasteiger partial charge on any atom is 0.0308 e. The first kappa shape index (κ1) is 10.2. The SMILES string of the molecule is [2H]C1(C(C)(C)C)CCC2(CCCCC2)CC1. The van der Waals surface area contributed by atoms with Crippen molar-refractivity contribution in [3.63, 3.8) is 0 Å². The Balaban J connectivity index is 2.00. The molecule has 15 heavy (non-hydrogen) atoms. The Morgan fingerprint density at radius 1 is 0.933 bits per heavy atom. The Bertz CT molecular complexity index is 233. The van der Waals surface area contributed by atoms with Gasteiger partial charge in [-0.15, -0.1) is 0 Å². The quantitative estimate of drug-likeness (QED) is 0.516. The molecule has 2 rings (SSSR count). The predicted octanol–water partition coefficient (Wildman–Crippen LogP) is 5.17. The molecule has 0 amide bonds. The van der Waals surface area contributed by atoms with Gasteiger partial charge in [-0.2, -0.15) is 0 Å². The summed E-state index contributed by atoms with van der Waals surface area (Å²) in [4.78, 5) is 0. The lowest BCUT2D eigenvalue weighted by atomic mass is 9.60. The van der Waals surface area contributed by atoms with Crippen molar-refractivity contribution >= 4 is 0 Å². The van der Waals surface area contributed by atoms with Crippen molar-refractivity contribution in [3.8, 4) is 0 Å². The highest BCUT2D eigenvalue weighted by Crippen LogP contribution is 2.51. The van der Waals surface area contributed by atoms with Gasteiger partial charge in [-0.25, -0.2) is 0 Å². The van der Waals surface area contributed by atoms with Crippen LogP contribution in [0.5, 0.6) is 0 Å². The molecule has 0 heteroatoms. The van der Waals surface area contributed by atoms with Crippen LogP contribution >= 0.6 is 0 Å². The first-order valence-corrected chi connectivity index (χ1v) is 6.87. The molecule has 0 N–H and O–H groups in total. The van der Waals surface area contributed by atoms with Crippen LogP contribution in [0.25, 0.3) is 0 Å². The van der Waals surface area contributed by atoms with Crippen LogP contribution in [0, 0.1) is 16.7 Å². The van der Waals surface area contributed by atoms with Crippen molar-refractivity contribution in [1.29, 1.82) is 0 Å². The molecular formula is C15H28. The first-order chi connectivity index (χ1) is 7.37. The fourth-order valence-electron chi connectivity index (χ4n) is 3.63. The van der Waals surface area contributed by atoms with E-state index in [4.69, 9.17) is 1.37 Å². The van der Waals surface area contributed by atoms with E-state index in [1.54, 1.807) is 0 Å². The smallest absolute Gasteiger partial charge is 0.0308 e. The minimum absolute atomic E-state index is 0.156. The van der Waals surface area contributed by atoms with Gasteiger partial charge >= 0.3 is 0 Å². The summed E-state index contributed by atoms with van der Waals surface area (Å²) in [5, 5.41) is 0. The van der Waals surface area contributed by atoms with Gasteiger partial charge in [0.25, 0.3) is 0 Å². The predicted molar refractivity (Wildman–Crippen MR) is 66.9 cm³/mol. The van der Waals surface area contributed by atoms with Crippen molar-refractivity contribution in [1.82, 2.24) is 0 Å². The molecule has 2 aliphatic carbocycles. The average Bonchev–Trinajstić information content (AvgIpc) is 2.23. The molecule has 0 radical (unpaired) electrons. The van der Waals surface area contributed by atoms with Gasteiger partial charge in [-0.3, -0.25) is 0 Å². The van der Waals surface area contributed by atoms with E-state index in [1.807, 2.05) is 0 Å². The highest BCUT2D eigenvalue weighted by molar-refractivity contribution is 4.90. The van der Waals surface area contributed by atoms with Crippen LogP contribution in [-0.4, -0.2) is 0 Å². The third-order valence-electron chi connectivity index (χ3n) is 4.89. The van der Waals surface area contributed by atoms with Crippen LogP contribution in [0.1, 0.15) is 79.9 Å². The molecule has 0 atom stereocenters. The molecule has 0 heterocycles. The van der Waals surface area contributed by atoms with E-state index in [-0.39, 0.29) is 11.3 Å². The third kappa shape index (κ3) is 2.57. The van der Waals surface area contributed by atoms with Crippen LogP contribution in [0.2, 0.25) is 0 Å². The minimum atomic E-state index is -0.157. The van der Waals surface area contributed by atoms with Gasteiger partial charge in [0, 0.05) is 1.37 Å². The summed E-state index contributed by atoms with van der Waals surface area (Å²) >= 11 is 0. The summed E-state index contributed by atoms with van der Waals surface area (Å²) in [6.07, 6.45) is 12.2. The molecule has 0 saturated heterocycles. The van der Waals surface area contributed by atoms with E-state index in [2.05, 4.69) is 20.8 Å². The van der Waals surface area contributed by atoms with Crippen LogP contribution in [0.15, 0.2) is 0 Å². The molecule has 0 aromatic rings. The molecule has 0 aromatic heterocycles. The van der Waals surface area contributed by atoms with Crippen molar-refractivity contribution in [3.05, 3.63) is 0 Å². The number of hydrogen-bond donors (Lipinski definition) is 0. The van der Waals surface area contributed by atoms with Gasteiger partial charge in [-0.1, -0.05) is 40.0 Å². The highest BCUT2D eigenvalue weighted by Gasteiger charge is 2.38. The molecular weight excluding hydrogens is 180 g/mol. The molecule has 0 nitrogen and oxygen atoms in total. The summed E-state index contributed by atoms with van der Waals surface area (Å²) < 4.78 is 8.67. The fraction of sp³-hybridized carbons (Fsp3) is 1.00. The molecule has 0 bridgehead atoms. The monoisotopic (exact) mass is 209 g/mol. The van der Waals surface area contributed by atoms with Gasteiger partial charge in [0.15, 0.2) is 0 Å². The second-order valence-electron chi connectivity index (χ2n) is 6.91. The second-order valence-corrected chi connectivity index (χ2v) is 6.91. The first-order valence-electron chi connectivity index (χ1n) is 7.37. The van der Waals surface area contributed by atoms with E-state index < -0.39 is 0 Å². The van der Waals surface area contributed by atoms with Crippen molar-refractivity contribution < 1.29 is 1.37 Å². The molecule has 2 fully saturated rings. The summed E-state index contributed by atoms with van der Waals surface area (Å²) in [7, 11) is 0. The van der Waals surface area contributed by atoms with E-state index in [0.29, 0.717) is 5.41 Å². The molecule has 88 valence electrons. The fourth-order valence-corrected chi connectivity index (χ4v) is 3.63. The van der Waals surface area contributed by atoms with Crippen molar-refractivity contribution in [2.75, 3.05) is 0 Å². The topological polar surface area (TPSA) is 0 Å². The zero-order valence-electron chi connectivity index (χ0n) is 11.9. The maximum absolute atomic E-state index is 8.67.